The van der Waals surface area contributed by atoms with Crippen molar-refractivity contribution in [2.45, 2.75) is 26.8 Å². The van der Waals surface area contributed by atoms with E-state index >= 15 is 0 Å². The summed E-state index contributed by atoms with van der Waals surface area (Å²) in [4.78, 5) is 23.6. The smallest absolute Gasteiger partial charge is 0.336 e. The van der Waals surface area contributed by atoms with Gasteiger partial charge in [0.25, 0.3) is 0 Å². The van der Waals surface area contributed by atoms with E-state index in [2.05, 4.69) is 6.92 Å². The number of aryl methyl sites for hydroxylation is 2. The number of nitrogens with zero attached hydrogens (tertiary/aromatic N) is 1. The molecule has 0 bridgehead atoms. The van der Waals surface area contributed by atoms with Gasteiger partial charge in [-0.2, -0.15) is 0 Å². The molecular weight excluding hydrogens is 286 g/mol. The highest BCUT2D eigenvalue weighted by molar-refractivity contribution is 7.07. The highest BCUT2D eigenvalue weighted by atomic mass is 32.1. The largest absolute Gasteiger partial charge is 0.423 e. The number of aromatic nitrogens is 1. The molecule has 0 amide bonds. The molecule has 0 radical (unpaired) electrons. The van der Waals surface area contributed by atoms with Crippen LogP contribution in [0.4, 0.5) is 0 Å². The number of thiazole rings is 1. The lowest BCUT2D eigenvalue weighted by Crippen LogP contribution is -2.16. The Morgan fingerprint density at radius 3 is 2.71 bits per heavy atom. The van der Waals surface area contributed by atoms with Crippen molar-refractivity contribution in [3.05, 3.63) is 66.6 Å². The summed E-state index contributed by atoms with van der Waals surface area (Å²) in [7, 11) is 0. The van der Waals surface area contributed by atoms with E-state index in [1.807, 2.05) is 30.5 Å². The first kappa shape index (κ1) is 13.8. The highest BCUT2D eigenvalue weighted by Gasteiger charge is 2.10. The van der Waals surface area contributed by atoms with Gasteiger partial charge in [0.1, 0.15) is 5.58 Å². The summed E-state index contributed by atoms with van der Waals surface area (Å²) in [6.07, 6.45) is 0.882. The zero-order valence-corrected chi connectivity index (χ0v) is 12.7. The lowest BCUT2D eigenvalue weighted by atomic mass is 10.1. The van der Waals surface area contributed by atoms with E-state index in [0.29, 0.717) is 12.1 Å². The van der Waals surface area contributed by atoms with Gasteiger partial charge in [-0.1, -0.05) is 30.4 Å². The van der Waals surface area contributed by atoms with E-state index < -0.39 is 0 Å². The van der Waals surface area contributed by atoms with Crippen LogP contribution in [-0.4, -0.2) is 4.57 Å². The van der Waals surface area contributed by atoms with Gasteiger partial charge in [0.15, 0.2) is 0 Å². The monoisotopic (exact) mass is 301 g/mol. The minimum atomic E-state index is -0.383. The third-order valence-corrected chi connectivity index (χ3v) is 4.49. The molecule has 0 spiro atoms. The van der Waals surface area contributed by atoms with Crippen LogP contribution in [0.5, 0.6) is 0 Å². The molecule has 4 nitrogen and oxygen atoms in total. The molecule has 0 N–H and O–H groups in total. The van der Waals surface area contributed by atoms with Crippen molar-refractivity contribution in [3.8, 4) is 0 Å². The number of rotatable bonds is 3. The fourth-order valence-electron chi connectivity index (χ4n) is 2.39. The maximum Gasteiger partial charge on any atom is 0.336 e. The van der Waals surface area contributed by atoms with E-state index in [1.54, 1.807) is 4.57 Å². The second kappa shape index (κ2) is 5.33. The van der Waals surface area contributed by atoms with Crippen LogP contribution in [0.15, 0.2) is 43.7 Å². The Morgan fingerprint density at radius 1 is 1.24 bits per heavy atom. The van der Waals surface area contributed by atoms with Gasteiger partial charge in [-0.3, -0.25) is 9.36 Å². The molecule has 2 heterocycles. The van der Waals surface area contributed by atoms with Crippen LogP contribution < -0.4 is 10.5 Å². The molecule has 3 rings (SSSR count). The van der Waals surface area contributed by atoms with Crippen LogP contribution in [0.2, 0.25) is 0 Å². The lowest BCUT2D eigenvalue weighted by Gasteiger charge is -2.08. The minimum Gasteiger partial charge on any atom is -0.423 e. The van der Waals surface area contributed by atoms with Crippen LogP contribution >= 0.6 is 11.3 Å². The molecule has 108 valence electrons. The molecule has 21 heavy (non-hydrogen) atoms. The predicted octanol–water partition coefficient (Wildman–Crippen LogP) is 2.94. The average molecular weight is 301 g/mol. The predicted molar refractivity (Wildman–Crippen MR) is 84.3 cm³/mol. The lowest BCUT2D eigenvalue weighted by molar-refractivity contribution is 0.557. The van der Waals surface area contributed by atoms with Crippen LogP contribution in [0.1, 0.15) is 23.7 Å². The van der Waals surface area contributed by atoms with Gasteiger partial charge in [-0.05, 0) is 30.5 Å². The SMILES string of the molecule is CCc1ccc2c(Cn3c(C)csc3=O)cc(=O)oc2c1. The van der Waals surface area contributed by atoms with Gasteiger partial charge in [0.05, 0.1) is 6.54 Å². The molecule has 0 aliphatic rings. The summed E-state index contributed by atoms with van der Waals surface area (Å²) in [5, 5.41) is 2.70. The third-order valence-electron chi connectivity index (χ3n) is 3.61. The van der Waals surface area contributed by atoms with Crippen LogP contribution in [0.3, 0.4) is 0 Å². The zero-order valence-electron chi connectivity index (χ0n) is 11.9. The fourth-order valence-corrected chi connectivity index (χ4v) is 3.13. The van der Waals surface area contributed by atoms with Crippen molar-refractivity contribution in [2.75, 3.05) is 0 Å². The molecule has 0 saturated heterocycles. The zero-order chi connectivity index (χ0) is 15.0. The molecule has 1 aromatic carbocycles. The quantitative estimate of drug-likeness (QED) is 0.699. The number of fused-ring (bicyclic) bond motifs is 1. The highest BCUT2D eigenvalue weighted by Crippen LogP contribution is 2.20. The molecule has 0 aliphatic heterocycles. The molecule has 0 saturated carbocycles. The summed E-state index contributed by atoms with van der Waals surface area (Å²) < 4.78 is 6.96. The Labute approximate surface area is 125 Å². The number of benzene rings is 1. The maximum absolute atomic E-state index is 11.8. The number of hydrogen-bond acceptors (Lipinski definition) is 4. The van der Waals surface area contributed by atoms with E-state index in [1.165, 1.54) is 17.4 Å². The Hall–Kier alpha value is -2.14. The third kappa shape index (κ3) is 2.56. The summed E-state index contributed by atoms with van der Waals surface area (Å²) >= 11 is 1.17. The summed E-state index contributed by atoms with van der Waals surface area (Å²) in [6.45, 7) is 4.33. The van der Waals surface area contributed by atoms with Gasteiger partial charge < -0.3 is 4.42 Å². The van der Waals surface area contributed by atoms with Crippen LogP contribution in [0.25, 0.3) is 11.0 Å². The van der Waals surface area contributed by atoms with Gasteiger partial charge in [-0.25, -0.2) is 4.79 Å². The molecule has 0 unspecified atom stereocenters. The van der Waals surface area contributed by atoms with E-state index in [9.17, 15) is 9.59 Å². The van der Waals surface area contributed by atoms with Crippen molar-refractivity contribution in [2.24, 2.45) is 0 Å². The molecular formula is C16H15NO3S. The van der Waals surface area contributed by atoms with Crippen LogP contribution in [0, 0.1) is 6.92 Å². The molecule has 2 aromatic heterocycles. The van der Waals surface area contributed by atoms with Crippen molar-refractivity contribution >= 4 is 22.3 Å². The first-order chi connectivity index (χ1) is 10.1. The van der Waals surface area contributed by atoms with Crippen LogP contribution in [-0.2, 0) is 13.0 Å². The molecule has 0 aliphatic carbocycles. The molecule has 3 aromatic rings. The minimum absolute atomic E-state index is 0.0148. The first-order valence-corrected chi connectivity index (χ1v) is 7.67. The van der Waals surface area contributed by atoms with E-state index in [4.69, 9.17) is 4.42 Å². The van der Waals surface area contributed by atoms with E-state index in [-0.39, 0.29) is 10.5 Å². The first-order valence-electron chi connectivity index (χ1n) is 6.79. The van der Waals surface area contributed by atoms with Crippen molar-refractivity contribution in [3.63, 3.8) is 0 Å². The van der Waals surface area contributed by atoms with E-state index in [0.717, 1.165) is 28.6 Å². The maximum atomic E-state index is 11.8. The summed E-state index contributed by atoms with van der Waals surface area (Å²) in [5.41, 5.74) is 3.03. The average Bonchev–Trinajstić information content (AvgIpc) is 2.78. The molecule has 0 fully saturated rings. The Bertz CT molecular complexity index is 917. The van der Waals surface area contributed by atoms with Crippen molar-refractivity contribution in [1.29, 1.82) is 0 Å². The second-order valence-electron chi connectivity index (χ2n) is 5.00. The van der Waals surface area contributed by atoms with Gasteiger partial charge in [-0.15, -0.1) is 0 Å². The Morgan fingerprint density at radius 2 is 2.05 bits per heavy atom. The second-order valence-corrected chi connectivity index (χ2v) is 5.82. The topological polar surface area (TPSA) is 52.2 Å². The molecule has 0 atom stereocenters. The summed E-state index contributed by atoms with van der Waals surface area (Å²) in [5.74, 6) is 0. The van der Waals surface area contributed by atoms with Gasteiger partial charge in [0.2, 0.25) is 0 Å². The van der Waals surface area contributed by atoms with Gasteiger partial charge >= 0.3 is 10.5 Å². The standard InChI is InChI=1S/C16H15NO3S/c1-3-11-4-5-13-12(7-15(18)20-14(13)6-11)8-17-10(2)9-21-16(17)19/h4-7,9H,3,8H2,1-2H3. The normalized spacial score (nSPS) is 11.1. The Kier molecular flexibility index (Phi) is 3.51. The van der Waals surface area contributed by atoms with Gasteiger partial charge in [0, 0.05) is 22.5 Å². The van der Waals surface area contributed by atoms with Crippen molar-refractivity contribution in [1.82, 2.24) is 4.57 Å². The summed E-state index contributed by atoms with van der Waals surface area (Å²) in [6, 6.07) is 7.34. The fraction of sp³-hybridized carbons (Fsp3) is 0.250. The van der Waals surface area contributed by atoms with Crippen molar-refractivity contribution < 1.29 is 4.42 Å². The number of hydrogen-bond donors (Lipinski definition) is 0. The Balaban J connectivity index is 2.18. The molecule has 5 heteroatoms.